The number of hydrogen-bond acceptors (Lipinski definition) is 1. The average molecular weight is 213 g/mol. The number of rotatable bonds is 1. The van der Waals surface area contributed by atoms with Gasteiger partial charge >= 0.3 is 0 Å². The van der Waals surface area contributed by atoms with Crippen LogP contribution in [0.2, 0.25) is 0 Å². The summed E-state index contributed by atoms with van der Waals surface area (Å²) in [7, 11) is 0. The Morgan fingerprint density at radius 1 is 1.14 bits per heavy atom. The predicted octanol–water partition coefficient (Wildman–Crippen LogP) is 3.53. The van der Waals surface area contributed by atoms with Crippen molar-refractivity contribution in [3.8, 4) is 0 Å². The number of alkyl halides is 1. The van der Waals surface area contributed by atoms with Crippen LogP contribution >= 0.6 is 11.6 Å². The van der Waals surface area contributed by atoms with Crippen molar-refractivity contribution in [2.45, 2.75) is 13.8 Å². The molecule has 0 saturated carbocycles. The van der Waals surface area contributed by atoms with E-state index >= 15 is 0 Å². The van der Waals surface area contributed by atoms with E-state index in [9.17, 15) is 0 Å². The fourth-order valence-electron chi connectivity index (χ4n) is 0.663. The van der Waals surface area contributed by atoms with Gasteiger partial charge in [-0.3, -0.25) is 4.79 Å². The van der Waals surface area contributed by atoms with Crippen molar-refractivity contribution < 1.29 is 4.79 Å². The summed E-state index contributed by atoms with van der Waals surface area (Å²) in [6.45, 7) is 7.35. The van der Waals surface area contributed by atoms with Gasteiger partial charge in [0.15, 0.2) is 0 Å². The van der Waals surface area contributed by atoms with E-state index in [2.05, 4.69) is 56.3 Å². The minimum absolute atomic E-state index is 0.639. The molecule has 0 saturated heterocycles. The Kier molecular flexibility index (Phi) is 13.1. The molecule has 0 heterocycles. The molecular formula is C12H17ClO. The van der Waals surface area contributed by atoms with Gasteiger partial charge in [-0.15, -0.1) is 11.6 Å². The molecule has 0 aliphatic heterocycles. The first-order valence-electron chi connectivity index (χ1n) is 4.18. The molecular weight excluding hydrogens is 196 g/mol. The summed E-state index contributed by atoms with van der Waals surface area (Å²) in [5.74, 6) is 0. The van der Waals surface area contributed by atoms with Crippen LogP contribution < -0.4 is 0 Å². The topological polar surface area (TPSA) is 17.1 Å². The zero-order valence-corrected chi connectivity index (χ0v) is 9.71. The number of aryl methyl sites for hydroxylation is 2. The van der Waals surface area contributed by atoms with Crippen LogP contribution in [0.4, 0.5) is 0 Å². The van der Waals surface area contributed by atoms with Crippen LogP contribution in [-0.4, -0.2) is 12.7 Å². The summed E-state index contributed by atoms with van der Waals surface area (Å²) in [6, 6.07) is 8.36. The minimum atomic E-state index is 0.639. The quantitative estimate of drug-likeness (QED) is 0.396. The Labute approximate surface area is 91.4 Å². The van der Waals surface area contributed by atoms with Crippen molar-refractivity contribution in [1.82, 2.24) is 0 Å². The number of aldehydes is 1. The van der Waals surface area contributed by atoms with E-state index in [-0.39, 0.29) is 0 Å². The van der Waals surface area contributed by atoms with E-state index in [1.807, 2.05) is 0 Å². The molecule has 0 N–H and O–H groups in total. The third kappa shape index (κ3) is 9.01. The van der Waals surface area contributed by atoms with Gasteiger partial charge < -0.3 is 0 Å². The molecule has 0 bridgehead atoms. The number of carbonyl (C=O) groups excluding carboxylic acids is 1. The highest BCUT2D eigenvalue weighted by atomic mass is 35.5. The second-order valence-electron chi connectivity index (χ2n) is 2.46. The van der Waals surface area contributed by atoms with Gasteiger partial charge in [0.05, 0.1) is 0 Å². The highest BCUT2D eigenvalue weighted by molar-refractivity contribution is 6.15. The van der Waals surface area contributed by atoms with Gasteiger partial charge in [-0.1, -0.05) is 30.8 Å². The van der Waals surface area contributed by atoms with Gasteiger partial charge in [-0.05, 0) is 31.1 Å². The van der Waals surface area contributed by atoms with Crippen LogP contribution in [0.3, 0.4) is 0 Å². The molecule has 0 atom stereocenters. The molecule has 0 unspecified atom stereocenters. The summed E-state index contributed by atoms with van der Waals surface area (Å²) in [4.78, 5) is 9.06. The second-order valence-corrected chi connectivity index (χ2v) is 2.46. The summed E-state index contributed by atoms with van der Waals surface area (Å²) in [5.41, 5.74) is 2.74. The molecule has 78 valence electrons. The number of benzene rings is 1. The van der Waals surface area contributed by atoms with Gasteiger partial charge in [0, 0.05) is 6.38 Å². The molecule has 0 radical (unpaired) electrons. The molecule has 1 nitrogen and oxygen atoms in total. The van der Waals surface area contributed by atoms with Crippen molar-refractivity contribution >= 4 is 17.9 Å². The molecule has 2 heteroatoms. The average Bonchev–Trinajstić information content (AvgIpc) is 2.26. The highest BCUT2D eigenvalue weighted by Gasteiger charge is 1.83. The lowest BCUT2D eigenvalue weighted by Crippen LogP contribution is -1.74. The zero-order valence-electron chi connectivity index (χ0n) is 8.96. The third-order valence-corrected chi connectivity index (χ3v) is 1.52. The largest absolute Gasteiger partial charge is 0.299 e. The molecule has 14 heavy (non-hydrogen) atoms. The summed E-state index contributed by atoms with van der Waals surface area (Å²) in [5, 5.41) is 0. The molecule has 1 rings (SSSR count). The van der Waals surface area contributed by atoms with Crippen LogP contribution in [-0.2, 0) is 4.79 Å². The van der Waals surface area contributed by atoms with Crippen molar-refractivity contribution in [1.29, 1.82) is 0 Å². The maximum atomic E-state index is 9.06. The molecule has 0 aliphatic carbocycles. The van der Waals surface area contributed by atoms with Crippen LogP contribution in [0.25, 0.3) is 0 Å². The first kappa shape index (κ1) is 15.4. The van der Waals surface area contributed by atoms with E-state index in [0.29, 0.717) is 6.29 Å². The van der Waals surface area contributed by atoms with Gasteiger partial charge in [0.25, 0.3) is 0 Å². The first-order valence-corrected chi connectivity index (χ1v) is 4.94. The van der Waals surface area contributed by atoms with Crippen molar-refractivity contribution in [2.75, 3.05) is 6.38 Å². The minimum Gasteiger partial charge on any atom is -0.299 e. The SMILES string of the molecule is C=CC=O.CCl.Cc1ccccc1C. The van der Waals surface area contributed by atoms with Gasteiger partial charge in [0.1, 0.15) is 6.29 Å². The Bertz CT molecular complexity index is 229. The fourth-order valence-corrected chi connectivity index (χ4v) is 0.663. The summed E-state index contributed by atoms with van der Waals surface area (Å²) < 4.78 is 0. The zero-order chi connectivity index (χ0) is 11.4. The molecule has 1 aromatic rings. The lowest BCUT2D eigenvalue weighted by Gasteiger charge is -1.93. The second kappa shape index (κ2) is 11.9. The van der Waals surface area contributed by atoms with Crippen LogP contribution in [0.5, 0.6) is 0 Å². The standard InChI is InChI=1S/C8H10.C3H4O.CH3Cl/c1-7-5-3-4-6-8(7)2;1-2-3-4;1-2/h3-6H,1-2H3;2-3H,1H2;1H3. The molecule has 0 spiro atoms. The number of carbonyl (C=O) groups is 1. The monoisotopic (exact) mass is 212 g/mol. The van der Waals surface area contributed by atoms with Crippen LogP contribution in [0, 0.1) is 13.8 Å². The van der Waals surface area contributed by atoms with E-state index in [1.54, 1.807) is 0 Å². The number of allylic oxidation sites excluding steroid dienone is 1. The van der Waals surface area contributed by atoms with Gasteiger partial charge in [0.2, 0.25) is 0 Å². The lowest BCUT2D eigenvalue weighted by molar-refractivity contribution is -0.104. The van der Waals surface area contributed by atoms with Crippen LogP contribution in [0.15, 0.2) is 36.9 Å². The van der Waals surface area contributed by atoms with Gasteiger partial charge in [-0.2, -0.15) is 0 Å². The van der Waals surface area contributed by atoms with E-state index in [0.717, 1.165) is 0 Å². The fraction of sp³-hybridized carbons (Fsp3) is 0.250. The van der Waals surface area contributed by atoms with Crippen molar-refractivity contribution in [3.63, 3.8) is 0 Å². The maximum Gasteiger partial charge on any atom is 0.142 e. The van der Waals surface area contributed by atoms with Crippen LogP contribution in [0.1, 0.15) is 11.1 Å². The van der Waals surface area contributed by atoms with Crippen molar-refractivity contribution in [3.05, 3.63) is 48.0 Å². The van der Waals surface area contributed by atoms with Gasteiger partial charge in [-0.25, -0.2) is 0 Å². The molecule has 0 aliphatic rings. The Hall–Kier alpha value is -1.08. The number of halogens is 1. The third-order valence-electron chi connectivity index (χ3n) is 1.52. The highest BCUT2D eigenvalue weighted by Crippen LogP contribution is 2.02. The van der Waals surface area contributed by atoms with E-state index in [4.69, 9.17) is 4.79 Å². The molecule has 0 amide bonds. The lowest BCUT2D eigenvalue weighted by atomic mass is 10.1. The summed E-state index contributed by atoms with van der Waals surface area (Å²) in [6.07, 6.45) is 3.31. The molecule has 1 aromatic carbocycles. The first-order chi connectivity index (χ1) is 6.72. The molecule has 0 fully saturated rings. The molecule has 0 aromatic heterocycles. The Morgan fingerprint density at radius 3 is 1.57 bits per heavy atom. The maximum absolute atomic E-state index is 9.06. The summed E-state index contributed by atoms with van der Waals surface area (Å²) >= 11 is 4.64. The Balaban J connectivity index is 0. The normalized spacial score (nSPS) is 7.14. The van der Waals surface area contributed by atoms with E-state index < -0.39 is 0 Å². The van der Waals surface area contributed by atoms with E-state index in [1.165, 1.54) is 23.6 Å². The van der Waals surface area contributed by atoms with Crippen molar-refractivity contribution in [2.24, 2.45) is 0 Å². The predicted molar refractivity (Wildman–Crippen MR) is 64.0 cm³/mol. The Morgan fingerprint density at radius 2 is 1.43 bits per heavy atom. The smallest absolute Gasteiger partial charge is 0.142 e. The number of hydrogen-bond donors (Lipinski definition) is 0.